The molecule has 0 bridgehead atoms. The predicted molar refractivity (Wildman–Crippen MR) is 145 cm³/mol. The Bertz CT molecular complexity index is 977. The van der Waals surface area contributed by atoms with Crippen LogP contribution >= 0.6 is 0 Å². The monoisotopic (exact) mass is 530 g/mol. The summed E-state index contributed by atoms with van der Waals surface area (Å²) in [5.74, 6) is 1.45. The van der Waals surface area contributed by atoms with E-state index in [1.165, 1.54) is 21.3 Å². The first-order valence-corrected chi connectivity index (χ1v) is 13.1. The molecule has 0 radical (unpaired) electrons. The maximum Gasteiger partial charge on any atom is 0.254 e. The number of aliphatic hydroxyl groups excluding tert-OH is 1. The summed E-state index contributed by atoms with van der Waals surface area (Å²) >= 11 is 0. The fraction of sp³-hybridized carbons (Fsp3) is 0.552. The highest BCUT2D eigenvalue weighted by molar-refractivity contribution is 5.95. The number of hydrogen-bond acceptors (Lipinski definition) is 8. The van der Waals surface area contributed by atoms with Crippen LogP contribution in [0.3, 0.4) is 0 Å². The van der Waals surface area contributed by atoms with Gasteiger partial charge in [0, 0.05) is 38.3 Å². The van der Waals surface area contributed by atoms with E-state index in [2.05, 4.69) is 18.7 Å². The summed E-state index contributed by atoms with van der Waals surface area (Å²) in [6, 6.07) is 13.3. The van der Waals surface area contributed by atoms with Crippen molar-refractivity contribution in [2.24, 2.45) is 5.92 Å². The van der Waals surface area contributed by atoms with Gasteiger partial charge in [0.2, 0.25) is 5.75 Å². The summed E-state index contributed by atoms with van der Waals surface area (Å²) in [5, 5.41) is 10.5. The molecule has 9 heteroatoms. The minimum Gasteiger partial charge on any atom is -0.493 e. The van der Waals surface area contributed by atoms with Crippen LogP contribution < -0.4 is 14.2 Å². The number of morpholine rings is 1. The number of rotatable bonds is 14. The number of benzene rings is 2. The lowest BCUT2D eigenvalue weighted by Gasteiger charge is -2.37. The Morgan fingerprint density at radius 2 is 1.79 bits per heavy atom. The van der Waals surface area contributed by atoms with Crippen molar-refractivity contribution in [2.75, 3.05) is 67.3 Å². The van der Waals surface area contributed by atoms with Crippen molar-refractivity contribution in [3.63, 3.8) is 0 Å². The lowest BCUT2D eigenvalue weighted by Crippen LogP contribution is -2.51. The van der Waals surface area contributed by atoms with E-state index in [1.54, 1.807) is 12.1 Å². The van der Waals surface area contributed by atoms with Crippen molar-refractivity contribution >= 4 is 5.91 Å². The molecule has 0 saturated carbocycles. The number of carbonyl (C=O) groups is 1. The van der Waals surface area contributed by atoms with Crippen molar-refractivity contribution < 1.29 is 33.6 Å². The first kappa shape index (κ1) is 29.7. The van der Waals surface area contributed by atoms with Gasteiger partial charge in [-0.2, -0.15) is 0 Å². The van der Waals surface area contributed by atoms with Gasteiger partial charge in [0.1, 0.15) is 0 Å². The van der Waals surface area contributed by atoms with Crippen molar-refractivity contribution in [2.45, 2.75) is 32.7 Å². The van der Waals surface area contributed by atoms with Gasteiger partial charge in [-0.1, -0.05) is 44.2 Å². The molecular formula is C29H42N2O7. The zero-order valence-electron chi connectivity index (χ0n) is 23.2. The molecule has 1 aliphatic heterocycles. The van der Waals surface area contributed by atoms with Crippen LogP contribution in [0.4, 0.5) is 0 Å². The number of aliphatic hydroxyl groups is 1. The van der Waals surface area contributed by atoms with E-state index in [0.717, 1.165) is 12.1 Å². The molecule has 9 nitrogen and oxygen atoms in total. The fourth-order valence-corrected chi connectivity index (χ4v) is 4.61. The molecule has 3 rings (SSSR count). The van der Waals surface area contributed by atoms with Crippen LogP contribution in [0.2, 0.25) is 0 Å². The van der Waals surface area contributed by atoms with Gasteiger partial charge < -0.3 is 33.7 Å². The van der Waals surface area contributed by atoms with Crippen molar-refractivity contribution in [3.8, 4) is 17.2 Å². The predicted octanol–water partition coefficient (Wildman–Crippen LogP) is 3.09. The fourth-order valence-electron chi connectivity index (χ4n) is 4.61. The van der Waals surface area contributed by atoms with Crippen LogP contribution in [0.15, 0.2) is 42.5 Å². The third-order valence-electron chi connectivity index (χ3n) is 6.32. The van der Waals surface area contributed by atoms with Gasteiger partial charge in [0.25, 0.3) is 5.91 Å². The number of amides is 1. The van der Waals surface area contributed by atoms with Crippen LogP contribution in [-0.2, 0) is 16.1 Å². The minimum atomic E-state index is -0.606. The van der Waals surface area contributed by atoms with Crippen molar-refractivity contribution in [3.05, 3.63) is 53.6 Å². The molecule has 0 unspecified atom stereocenters. The molecule has 1 saturated heterocycles. The van der Waals surface area contributed by atoms with E-state index in [4.69, 9.17) is 23.7 Å². The largest absolute Gasteiger partial charge is 0.493 e. The Balaban J connectivity index is 1.60. The van der Waals surface area contributed by atoms with Crippen LogP contribution in [0.1, 0.15) is 29.8 Å². The van der Waals surface area contributed by atoms with E-state index < -0.39 is 6.10 Å². The number of ether oxygens (including phenoxy) is 5. The van der Waals surface area contributed by atoms with E-state index >= 15 is 0 Å². The normalized spacial score (nSPS) is 16.8. The molecule has 0 spiro atoms. The van der Waals surface area contributed by atoms with E-state index in [1.807, 2.05) is 35.2 Å². The van der Waals surface area contributed by atoms with E-state index in [-0.39, 0.29) is 24.5 Å². The molecule has 0 aromatic heterocycles. The van der Waals surface area contributed by atoms with E-state index in [9.17, 15) is 9.90 Å². The molecule has 0 aliphatic carbocycles. The molecule has 210 valence electrons. The number of hydrogen-bond donors (Lipinski definition) is 1. The first-order chi connectivity index (χ1) is 18.3. The topological polar surface area (TPSA) is 89.9 Å². The van der Waals surface area contributed by atoms with Crippen LogP contribution in [-0.4, -0.2) is 100 Å². The Morgan fingerprint density at radius 3 is 2.39 bits per heavy atom. The highest BCUT2D eigenvalue weighted by Crippen LogP contribution is 2.38. The van der Waals surface area contributed by atoms with Gasteiger partial charge in [0.15, 0.2) is 11.5 Å². The smallest absolute Gasteiger partial charge is 0.254 e. The van der Waals surface area contributed by atoms with E-state index in [0.29, 0.717) is 62.2 Å². The molecule has 1 amide bonds. The second-order valence-electron chi connectivity index (χ2n) is 9.92. The van der Waals surface area contributed by atoms with Gasteiger partial charge in [-0.3, -0.25) is 9.69 Å². The number of carbonyl (C=O) groups excluding carboxylic acids is 1. The second-order valence-corrected chi connectivity index (χ2v) is 9.92. The van der Waals surface area contributed by atoms with Gasteiger partial charge in [-0.05, 0) is 23.6 Å². The second kappa shape index (κ2) is 14.9. The van der Waals surface area contributed by atoms with Crippen molar-refractivity contribution in [1.29, 1.82) is 0 Å². The SMILES string of the molecule is COc1cc(C(=O)N(CC(C)C)C[C@H]2CN(C[C@H](O)COCc3ccccc3)CCO2)cc(OC)c1OC. The van der Waals surface area contributed by atoms with Crippen LogP contribution in [0.25, 0.3) is 0 Å². The molecule has 38 heavy (non-hydrogen) atoms. The van der Waals surface area contributed by atoms with Crippen molar-refractivity contribution in [1.82, 2.24) is 9.80 Å². The van der Waals surface area contributed by atoms with Gasteiger partial charge >= 0.3 is 0 Å². The Labute approximate surface area is 226 Å². The molecular weight excluding hydrogens is 488 g/mol. The lowest BCUT2D eigenvalue weighted by atomic mass is 10.1. The highest BCUT2D eigenvalue weighted by Gasteiger charge is 2.28. The number of nitrogens with zero attached hydrogens (tertiary/aromatic N) is 2. The average Bonchev–Trinajstić information content (AvgIpc) is 2.92. The first-order valence-electron chi connectivity index (χ1n) is 13.1. The average molecular weight is 531 g/mol. The summed E-state index contributed by atoms with van der Waals surface area (Å²) in [4.78, 5) is 17.6. The Kier molecular flexibility index (Phi) is 11.7. The van der Waals surface area contributed by atoms with Crippen LogP contribution in [0, 0.1) is 5.92 Å². The molecule has 2 atom stereocenters. The molecule has 1 heterocycles. The maximum atomic E-state index is 13.6. The number of β-amino-alcohol motifs (C(OH)–C–C–N with tert-alkyl or cyclic N) is 1. The molecule has 1 fully saturated rings. The quantitative estimate of drug-likeness (QED) is 0.399. The van der Waals surface area contributed by atoms with Gasteiger partial charge in [0.05, 0.1) is 53.4 Å². The standard InChI is InChI=1S/C29H42N2O7/c1-21(2)15-31(29(33)23-13-26(34-3)28(36-5)27(14-23)35-4)18-25-17-30(11-12-38-25)16-24(32)20-37-19-22-9-7-6-8-10-22/h6-10,13-14,21,24-25,32H,11-12,15-20H2,1-5H3/t24-,25+/m0/s1. The van der Waals surface area contributed by atoms with Crippen LogP contribution in [0.5, 0.6) is 17.2 Å². The summed E-state index contributed by atoms with van der Waals surface area (Å²) in [6.07, 6.45) is -0.781. The summed E-state index contributed by atoms with van der Waals surface area (Å²) in [7, 11) is 4.59. The summed E-state index contributed by atoms with van der Waals surface area (Å²) in [5.41, 5.74) is 1.53. The summed E-state index contributed by atoms with van der Waals surface area (Å²) < 4.78 is 28.0. The molecule has 1 N–H and O–H groups in total. The molecule has 2 aromatic carbocycles. The van der Waals surface area contributed by atoms with Gasteiger partial charge in [-0.15, -0.1) is 0 Å². The molecule has 2 aromatic rings. The van der Waals surface area contributed by atoms with Gasteiger partial charge in [-0.25, -0.2) is 0 Å². The zero-order valence-corrected chi connectivity index (χ0v) is 23.2. The zero-order chi connectivity index (χ0) is 27.5. The Morgan fingerprint density at radius 1 is 1.11 bits per heavy atom. The third-order valence-corrected chi connectivity index (χ3v) is 6.32. The molecule has 1 aliphatic rings. The minimum absolute atomic E-state index is 0.131. The number of methoxy groups -OCH3 is 3. The third kappa shape index (κ3) is 8.59. The Hall–Kier alpha value is -2.85. The highest BCUT2D eigenvalue weighted by atomic mass is 16.5. The summed E-state index contributed by atoms with van der Waals surface area (Å²) in [6.45, 7) is 8.26. The maximum absolute atomic E-state index is 13.6. The lowest BCUT2D eigenvalue weighted by molar-refractivity contribution is -0.0602.